The van der Waals surface area contributed by atoms with Crippen molar-refractivity contribution in [3.8, 4) is 11.4 Å². The van der Waals surface area contributed by atoms with Gasteiger partial charge in [0.25, 0.3) is 5.91 Å². The zero-order valence-corrected chi connectivity index (χ0v) is 24.3. The van der Waals surface area contributed by atoms with Crippen LogP contribution in [0.5, 0.6) is 5.75 Å². The molecule has 0 radical (unpaired) electrons. The summed E-state index contributed by atoms with van der Waals surface area (Å²) in [6.07, 6.45) is 4.56. The molecule has 3 heterocycles. The summed E-state index contributed by atoms with van der Waals surface area (Å²) in [7, 11) is 1.56. The zero-order chi connectivity index (χ0) is 28.8. The van der Waals surface area contributed by atoms with E-state index in [1.807, 2.05) is 50.2 Å². The number of aryl methyl sites for hydroxylation is 1. The van der Waals surface area contributed by atoms with Gasteiger partial charge in [0.1, 0.15) is 11.6 Å². The molecule has 5 rings (SSSR count). The molecular weight excluding hydrogens is 532 g/mol. The fourth-order valence-corrected chi connectivity index (χ4v) is 5.40. The molecule has 0 aliphatic carbocycles. The van der Waals surface area contributed by atoms with Gasteiger partial charge in [-0.25, -0.2) is 4.98 Å². The molecule has 40 heavy (non-hydrogen) atoms. The van der Waals surface area contributed by atoms with Gasteiger partial charge in [-0.2, -0.15) is 15.0 Å². The first kappa shape index (κ1) is 27.6. The number of esters is 1. The molecule has 11 heteroatoms. The summed E-state index contributed by atoms with van der Waals surface area (Å²) in [4.78, 5) is 35.3. The van der Waals surface area contributed by atoms with Crippen LogP contribution in [-0.4, -0.2) is 55.0 Å². The molecule has 0 spiro atoms. The first-order chi connectivity index (χ1) is 19.0. The number of nitrogens with zero attached hydrogens (tertiary/aromatic N) is 6. The number of rotatable bonds is 6. The number of imidazole rings is 1. The summed E-state index contributed by atoms with van der Waals surface area (Å²) < 4.78 is 13.1. The molecule has 1 saturated heterocycles. The molecular formula is C29H33ClN6O4. The van der Waals surface area contributed by atoms with E-state index in [0.29, 0.717) is 46.3 Å². The Kier molecular flexibility index (Phi) is 7.08. The standard InChI is InChI=1S/C29H33ClN6O4/c1-18-21(30)9-10-22-24(18)34(17-40-27(38)28(2,3)4)26(33-22)29(5)12-7-15-35(29)25(37)20-16-19(39-6)8-11-23(20)36-31-13-14-32-36/h8-11,13-14,16H,7,12,15,17H2,1-6H3/t29-/m0/s1. The zero-order valence-electron chi connectivity index (χ0n) is 23.6. The van der Waals surface area contributed by atoms with Crippen molar-refractivity contribution in [2.45, 2.75) is 59.7 Å². The lowest BCUT2D eigenvalue weighted by molar-refractivity contribution is -0.157. The van der Waals surface area contributed by atoms with Gasteiger partial charge in [0.2, 0.25) is 0 Å². The summed E-state index contributed by atoms with van der Waals surface area (Å²) in [6, 6.07) is 8.91. The SMILES string of the molecule is COc1ccc(-n2nccn2)c(C(=O)N2CCC[C@@]2(C)c2nc3ccc(Cl)c(C)c3n2COC(=O)C(C)(C)C)c1. The Bertz CT molecular complexity index is 1590. The van der Waals surface area contributed by atoms with E-state index in [9.17, 15) is 9.59 Å². The van der Waals surface area contributed by atoms with Gasteiger partial charge in [0.05, 0.1) is 52.7 Å². The van der Waals surface area contributed by atoms with Crippen LogP contribution in [-0.2, 0) is 21.8 Å². The highest BCUT2D eigenvalue weighted by Crippen LogP contribution is 2.42. The first-order valence-electron chi connectivity index (χ1n) is 13.2. The van der Waals surface area contributed by atoms with Crippen molar-refractivity contribution in [2.24, 2.45) is 5.41 Å². The van der Waals surface area contributed by atoms with Crippen LogP contribution in [0.25, 0.3) is 16.7 Å². The van der Waals surface area contributed by atoms with Crippen LogP contribution >= 0.6 is 11.6 Å². The van der Waals surface area contributed by atoms with Crippen LogP contribution < -0.4 is 4.74 Å². The highest BCUT2D eigenvalue weighted by molar-refractivity contribution is 6.32. The summed E-state index contributed by atoms with van der Waals surface area (Å²) in [6.45, 7) is 9.81. The van der Waals surface area contributed by atoms with E-state index in [2.05, 4.69) is 10.2 Å². The Morgan fingerprint density at radius 3 is 2.52 bits per heavy atom. The molecule has 4 aromatic rings. The molecule has 10 nitrogen and oxygen atoms in total. The Morgan fingerprint density at radius 1 is 1.12 bits per heavy atom. The van der Waals surface area contributed by atoms with Gasteiger partial charge < -0.3 is 14.4 Å². The fraction of sp³-hybridized carbons (Fsp3) is 0.414. The molecule has 1 atom stereocenters. The second kappa shape index (κ2) is 10.2. The predicted octanol–water partition coefficient (Wildman–Crippen LogP) is 5.29. The number of aromatic nitrogens is 5. The third kappa shape index (κ3) is 4.70. The van der Waals surface area contributed by atoms with Crippen LogP contribution in [0.15, 0.2) is 42.7 Å². The second-order valence-corrected chi connectivity index (χ2v) is 11.7. The van der Waals surface area contributed by atoms with Gasteiger partial charge in [0, 0.05) is 11.6 Å². The van der Waals surface area contributed by atoms with Gasteiger partial charge in [-0.1, -0.05) is 11.6 Å². The van der Waals surface area contributed by atoms with E-state index in [1.54, 1.807) is 43.8 Å². The van der Waals surface area contributed by atoms with Crippen LogP contribution in [0.4, 0.5) is 0 Å². The van der Waals surface area contributed by atoms with Gasteiger partial charge in [0.15, 0.2) is 6.73 Å². The molecule has 0 N–H and O–H groups in total. The first-order valence-corrected chi connectivity index (χ1v) is 13.5. The van der Waals surface area contributed by atoms with Crippen molar-refractivity contribution in [3.63, 3.8) is 0 Å². The van der Waals surface area contributed by atoms with Gasteiger partial charge in [-0.05, 0) is 83.4 Å². The number of amides is 1. The lowest BCUT2D eigenvalue weighted by atomic mass is 9.96. The van der Waals surface area contributed by atoms with Crippen molar-refractivity contribution < 1.29 is 19.1 Å². The van der Waals surface area contributed by atoms with Crippen LogP contribution in [0.3, 0.4) is 0 Å². The van der Waals surface area contributed by atoms with E-state index in [-0.39, 0.29) is 18.6 Å². The minimum atomic E-state index is -0.805. The third-order valence-electron chi connectivity index (χ3n) is 7.47. The Labute approximate surface area is 237 Å². The maximum Gasteiger partial charge on any atom is 0.312 e. The summed E-state index contributed by atoms with van der Waals surface area (Å²) in [5.41, 5.74) is 1.78. The fourth-order valence-electron chi connectivity index (χ4n) is 5.24. The topological polar surface area (TPSA) is 104 Å². The number of carbonyl (C=O) groups excluding carboxylic acids is 2. The number of benzene rings is 2. The number of ether oxygens (including phenoxy) is 2. The van der Waals surface area contributed by atoms with Crippen LogP contribution in [0.2, 0.25) is 5.02 Å². The number of carbonyl (C=O) groups is 2. The summed E-state index contributed by atoms with van der Waals surface area (Å²) in [5.74, 6) is 0.636. The predicted molar refractivity (Wildman–Crippen MR) is 151 cm³/mol. The quantitative estimate of drug-likeness (QED) is 0.293. The average molecular weight is 565 g/mol. The summed E-state index contributed by atoms with van der Waals surface area (Å²) in [5, 5.41) is 9.07. The summed E-state index contributed by atoms with van der Waals surface area (Å²) >= 11 is 6.51. The van der Waals surface area contributed by atoms with Crippen molar-refractivity contribution in [2.75, 3.05) is 13.7 Å². The highest BCUT2D eigenvalue weighted by atomic mass is 35.5. The molecule has 1 fully saturated rings. The van der Waals surface area contributed by atoms with E-state index >= 15 is 0 Å². The minimum Gasteiger partial charge on any atom is -0.497 e. The monoisotopic (exact) mass is 564 g/mol. The van der Waals surface area contributed by atoms with E-state index in [0.717, 1.165) is 17.5 Å². The number of halogens is 1. The molecule has 210 valence electrons. The van der Waals surface area contributed by atoms with Gasteiger partial charge in [-0.3, -0.25) is 14.2 Å². The lowest BCUT2D eigenvalue weighted by Gasteiger charge is -2.35. The minimum absolute atomic E-state index is 0.0532. The normalized spacial score (nSPS) is 17.4. The number of hydrogen-bond acceptors (Lipinski definition) is 7. The van der Waals surface area contributed by atoms with E-state index in [1.165, 1.54) is 4.80 Å². The van der Waals surface area contributed by atoms with Gasteiger partial charge >= 0.3 is 5.97 Å². The Balaban J connectivity index is 1.63. The Morgan fingerprint density at radius 2 is 1.85 bits per heavy atom. The van der Waals surface area contributed by atoms with Crippen LogP contribution in [0.1, 0.15) is 62.3 Å². The smallest absolute Gasteiger partial charge is 0.312 e. The molecule has 1 aliphatic rings. The van der Waals surface area contributed by atoms with E-state index in [4.69, 9.17) is 26.1 Å². The van der Waals surface area contributed by atoms with Crippen molar-refractivity contribution in [3.05, 3.63) is 64.7 Å². The Hall–Kier alpha value is -3.92. The third-order valence-corrected chi connectivity index (χ3v) is 7.88. The number of methoxy groups -OCH3 is 1. The number of likely N-dealkylation sites (tertiary alicyclic amines) is 1. The molecule has 2 aromatic heterocycles. The molecule has 0 saturated carbocycles. The second-order valence-electron chi connectivity index (χ2n) is 11.3. The highest BCUT2D eigenvalue weighted by Gasteiger charge is 2.46. The van der Waals surface area contributed by atoms with Gasteiger partial charge in [-0.15, -0.1) is 0 Å². The maximum atomic E-state index is 14.3. The molecule has 2 aromatic carbocycles. The van der Waals surface area contributed by atoms with Crippen molar-refractivity contribution in [1.29, 1.82) is 0 Å². The van der Waals surface area contributed by atoms with Crippen LogP contribution in [0, 0.1) is 12.3 Å². The lowest BCUT2D eigenvalue weighted by Crippen LogP contribution is -2.45. The maximum absolute atomic E-state index is 14.3. The number of hydrogen-bond donors (Lipinski definition) is 0. The van der Waals surface area contributed by atoms with E-state index < -0.39 is 11.0 Å². The number of fused-ring (bicyclic) bond motifs is 1. The van der Waals surface area contributed by atoms with Crippen molar-refractivity contribution >= 4 is 34.5 Å². The average Bonchev–Trinajstić information content (AvgIpc) is 3.67. The molecule has 1 aliphatic heterocycles. The molecule has 0 unspecified atom stereocenters. The molecule has 0 bridgehead atoms. The van der Waals surface area contributed by atoms with Crippen molar-refractivity contribution in [1.82, 2.24) is 29.4 Å². The molecule has 1 amide bonds. The largest absolute Gasteiger partial charge is 0.497 e.